The number of ether oxygens (including phenoxy) is 1. The Kier molecular flexibility index (Phi) is 4.41. The van der Waals surface area contributed by atoms with Crippen LogP contribution in [0.1, 0.15) is 23.0 Å². The topological polar surface area (TPSA) is 97.2 Å². The largest absolute Gasteiger partial charge is 0.462 e. The van der Waals surface area contributed by atoms with Gasteiger partial charge in [-0.1, -0.05) is 11.3 Å². The summed E-state index contributed by atoms with van der Waals surface area (Å²) >= 11 is 1.11. The van der Waals surface area contributed by atoms with E-state index in [1.807, 2.05) is 0 Å². The molecule has 6 nitrogen and oxygen atoms in total. The van der Waals surface area contributed by atoms with Gasteiger partial charge in [-0.25, -0.2) is 4.79 Å². The quantitative estimate of drug-likeness (QED) is 0.577. The van der Waals surface area contributed by atoms with Crippen LogP contribution in [0.4, 0.5) is 11.4 Å². The van der Waals surface area contributed by atoms with Crippen molar-refractivity contribution < 1.29 is 9.53 Å². The summed E-state index contributed by atoms with van der Waals surface area (Å²) in [7, 11) is 0. The van der Waals surface area contributed by atoms with E-state index < -0.39 is 5.97 Å². The molecule has 0 spiro atoms. The minimum atomic E-state index is -0.395. The molecule has 1 aromatic heterocycles. The second-order valence-corrected chi connectivity index (χ2v) is 4.89. The van der Waals surface area contributed by atoms with Crippen molar-refractivity contribution in [3.63, 3.8) is 0 Å². The van der Waals surface area contributed by atoms with Crippen LogP contribution in [-0.4, -0.2) is 17.6 Å². The molecular formula is C13H15N3O3S. The molecule has 0 bridgehead atoms. The summed E-state index contributed by atoms with van der Waals surface area (Å²) in [5.74, 6) is -0.395. The molecule has 0 unspecified atom stereocenters. The molecule has 0 saturated carbocycles. The Balaban J connectivity index is 2.06. The van der Waals surface area contributed by atoms with Gasteiger partial charge in [-0.15, -0.1) is 0 Å². The van der Waals surface area contributed by atoms with Crippen LogP contribution in [-0.2, 0) is 11.3 Å². The molecule has 1 heterocycles. The minimum absolute atomic E-state index is 0.0903. The van der Waals surface area contributed by atoms with Gasteiger partial charge < -0.3 is 20.8 Å². The highest BCUT2D eigenvalue weighted by atomic mass is 32.1. The Bertz CT molecular complexity index is 663. The zero-order valence-electron chi connectivity index (χ0n) is 10.9. The third-order valence-electron chi connectivity index (χ3n) is 2.60. The van der Waals surface area contributed by atoms with Gasteiger partial charge in [-0.3, -0.25) is 4.79 Å². The van der Waals surface area contributed by atoms with Gasteiger partial charge >= 0.3 is 10.8 Å². The Hall–Kier alpha value is -2.28. The second-order valence-electron chi connectivity index (χ2n) is 4.05. The van der Waals surface area contributed by atoms with Crippen molar-refractivity contribution in [3.8, 4) is 0 Å². The second kappa shape index (κ2) is 6.25. The number of nitrogens with one attached hydrogen (secondary N) is 2. The van der Waals surface area contributed by atoms with E-state index in [1.54, 1.807) is 30.5 Å². The molecule has 0 saturated heterocycles. The number of benzene rings is 1. The number of thiazole rings is 1. The number of H-pyrrole nitrogens is 1. The van der Waals surface area contributed by atoms with Crippen LogP contribution in [0.3, 0.4) is 0 Å². The maximum atomic E-state index is 11.6. The fraction of sp³-hybridized carbons (Fsp3) is 0.231. The van der Waals surface area contributed by atoms with Crippen LogP contribution in [0, 0.1) is 0 Å². The molecule has 106 valence electrons. The fourth-order valence-electron chi connectivity index (χ4n) is 1.66. The number of rotatable bonds is 5. The van der Waals surface area contributed by atoms with Gasteiger partial charge in [0.15, 0.2) is 0 Å². The Labute approximate surface area is 119 Å². The van der Waals surface area contributed by atoms with Gasteiger partial charge in [0.2, 0.25) is 0 Å². The number of nitrogens with two attached hydrogens (primary N) is 1. The van der Waals surface area contributed by atoms with E-state index in [2.05, 4.69) is 10.3 Å². The van der Waals surface area contributed by atoms with E-state index in [4.69, 9.17) is 10.5 Å². The van der Waals surface area contributed by atoms with Crippen LogP contribution in [0.15, 0.2) is 28.4 Å². The number of aromatic nitrogens is 1. The lowest BCUT2D eigenvalue weighted by atomic mass is 10.1. The highest BCUT2D eigenvalue weighted by Crippen LogP contribution is 2.21. The summed E-state index contributed by atoms with van der Waals surface area (Å²) in [6, 6.07) is 4.93. The van der Waals surface area contributed by atoms with Gasteiger partial charge in [-0.05, 0) is 25.1 Å². The van der Waals surface area contributed by atoms with E-state index in [0.29, 0.717) is 30.1 Å². The van der Waals surface area contributed by atoms with Crippen molar-refractivity contribution in [1.29, 1.82) is 0 Å². The van der Waals surface area contributed by atoms with E-state index in [-0.39, 0.29) is 4.87 Å². The van der Waals surface area contributed by atoms with Crippen LogP contribution in [0.25, 0.3) is 0 Å². The molecule has 0 aliphatic rings. The lowest BCUT2D eigenvalue weighted by Gasteiger charge is -2.10. The number of hydrogen-bond acceptors (Lipinski definition) is 6. The summed E-state index contributed by atoms with van der Waals surface area (Å²) in [5, 5.41) is 4.85. The van der Waals surface area contributed by atoms with Crippen molar-refractivity contribution in [2.24, 2.45) is 0 Å². The van der Waals surface area contributed by atoms with E-state index >= 15 is 0 Å². The Morgan fingerprint density at radius 2 is 2.30 bits per heavy atom. The molecule has 0 amide bonds. The monoisotopic (exact) mass is 293 g/mol. The summed E-state index contributed by atoms with van der Waals surface area (Å²) in [6.07, 6.45) is 0. The van der Waals surface area contributed by atoms with Gasteiger partial charge in [0.1, 0.15) is 0 Å². The number of nitrogen functional groups attached to an aromatic ring is 1. The predicted octanol–water partition coefficient (Wildman–Crippen LogP) is 1.81. The van der Waals surface area contributed by atoms with Crippen molar-refractivity contribution in [3.05, 3.63) is 44.5 Å². The average molecular weight is 293 g/mol. The SMILES string of the molecule is CCOC(=O)c1ccc(NCc2csc(=O)[nH]2)c(N)c1. The number of anilines is 2. The molecule has 0 radical (unpaired) electrons. The smallest absolute Gasteiger partial charge is 0.338 e. The average Bonchev–Trinajstić information content (AvgIpc) is 2.83. The maximum absolute atomic E-state index is 11.6. The molecule has 4 N–H and O–H groups in total. The van der Waals surface area contributed by atoms with Gasteiger partial charge in [0.25, 0.3) is 0 Å². The number of aromatic amines is 1. The lowest BCUT2D eigenvalue weighted by Crippen LogP contribution is -2.08. The van der Waals surface area contributed by atoms with Crippen molar-refractivity contribution in [2.45, 2.75) is 13.5 Å². The van der Waals surface area contributed by atoms with Crippen LogP contribution in [0.5, 0.6) is 0 Å². The Morgan fingerprint density at radius 1 is 1.50 bits per heavy atom. The van der Waals surface area contributed by atoms with Crippen molar-refractivity contribution in [1.82, 2.24) is 4.98 Å². The fourth-order valence-corrected chi connectivity index (χ4v) is 2.24. The highest BCUT2D eigenvalue weighted by molar-refractivity contribution is 7.07. The van der Waals surface area contributed by atoms with E-state index in [1.165, 1.54) is 0 Å². The molecule has 0 atom stereocenters. The van der Waals surface area contributed by atoms with Crippen molar-refractivity contribution in [2.75, 3.05) is 17.7 Å². The summed E-state index contributed by atoms with van der Waals surface area (Å²) < 4.78 is 4.90. The predicted molar refractivity (Wildman–Crippen MR) is 79.1 cm³/mol. The Morgan fingerprint density at radius 3 is 2.90 bits per heavy atom. The van der Waals surface area contributed by atoms with Gasteiger partial charge in [0, 0.05) is 11.1 Å². The third-order valence-corrected chi connectivity index (χ3v) is 3.32. The molecule has 7 heteroatoms. The molecule has 0 aliphatic heterocycles. The van der Waals surface area contributed by atoms with Gasteiger partial charge in [-0.2, -0.15) is 0 Å². The maximum Gasteiger partial charge on any atom is 0.338 e. The standard InChI is InChI=1S/C13H15N3O3S/c1-2-19-12(17)8-3-4-11(10(14)5-8)15-6-9-7-20-13(18)16-9/h3-5,7,15H,2,6,14H2,1H3,(H,16,18). The summed E-state index contributed by atoms with van der Waals surface area (Å²) in [4.78, 5) is 25.2. The van der Waals surface area contributed by atoms with E-state index in [9.17, 15) is 9.59 Å². The first kappa shape index (κ1) is 14.1. The summed E-state index contributed by atoms with van der Waals surface area (Å²) in [5.41, 5.74) is 8.24. The van der Waals surface area contributed by atoms with Crippen LogP contribution >= 0.6 is 11.3 Å². The number of carbonyl (C=O) groups excluding carboxylic acids is 1. The van der Waals surface area contributed by atoms with Gasteiger partial charge in [0.05, 0.1) is 30.1 Å². The minimum Gasteiger partial charge on any atom is -0.462 e. The number of esters is 1. The molecule has 1 aromatic carbocycles. The number of carbonyl (C=O) groups is 1. The molecule has 20 heavy (non-hydrogen) atoms. The first-order chi connectivity index (χ1) is 9.60. The zero-order chi connectivity index (χ0) is 14.5. The molecule has 2 rings (SSSR count). The molecule has 0 fully saturated rings. The highest BCUT2D eigenvalue weighted by Gasteiger charge is 2.09. The van der Waals surface area contributed by atoms with Crippen LogP contribution in [0.2, 0.25) is 0 Å². The third kappa shape index (κ3) is 3.39. The molecule has 2 aromatic rings. The van der Waals surface area contributed by atoms with Crippen molar-refractivity contribution >= 4 is 28.7 Å². The molecular weight excluding hydrogens is 278 g/mol. The van der Waals surface area contributed by atoms with Crippen LogP contribution < -0.4 is 15.9 Å². The number of hydrogen-bond donors (Lipinski definition) is 3. The first-order valence-electron chi connectivity index (χ1n) is 6.07. The lowest BCUT2D eigenvalue weighted by molar-refractivity contribution is 0.0526. The normalized spacial score (nSPS) is 10.2. The van der Waals surface area contributed by atoms with E-state index in [0.717, 1.165) is 17.0 Å². The summed E-state index contributed by atoms with van der Waals surface area (Å²) in [6.45, 7) is 2.53. The molecule has 0 aliphatic carbocycles. The first-order valence-corrected chi connectivity index (χ1v) is 6.95. The zero-order valence-corrected chi connectivity index (χ0v) is 11.8.